The van der Waals surface area contributed by atoms with Crippen molar-refractivity contribution in [1.82, 2.24) is 10.6 Å². The maximum atomic E-state index is 13.0. The second-order valence-corrected chi connectivity index (χ2v) is 8.47. The summed E-state index contributed by atoms with van der Waals surface area (Å²) in [6.45, 7) is 5.20. The summed E-state index contributed by atoms with van der Waals surface area (Å²) in [6, 6.07) is 21.0. The molecule has 0 saturated heterocycles. The molecule has 0 aliphatic carbocycles. The molecule has 184 valence electrons. The highest BCUT2D eigenvalue weighted by Crippen LogP contribution is 2.35. The van der Waals surface area contributed by atoms with Gasteiger partial charge in [-0.15, -0.1) is 0 Å². The van der Waals surface area contributed by atoms with E-state index in [1.807, 2.05) is 55.6 Å². The molecular weight excluding hydrogens is 453 g/mol. The van der Waals surface area contributed by atoms with E-state index < -0.39 is 11.7 Å². The molecule has 1 aliphatic rings. The summed E-state index contributed by atoms with van der Waals surface area (Å²) in [6.07, 6.45) is -3.09. The summed E-state index contributed by atoms with van der Waals surface area (Å²) in [5.41, 5.74) is 3.08. The van der Waals surface area contributed by atoms with Crippen LogP contribution in [0.2, 0.25) is 0 Å². The quantitative estimate of drug-likeness (QED) is 0.380. The van der Waals surface area contributed by atoms with Gasteiger partial charge in [0.25, 0.3) is 0 Å². The van der Waals surface area contributed by atoms with Crippen LogP contribution in [0.4, 0.5) is 13.2 Å². The highest BCUT2D eigenvalue weighted by Gasteiger charge is 2.30. The van der Waals surface area contributed by atoms with Gasteiger partial charge in [-0.25, -0.2) is 0 Å². The predicted molar refractivity (Wildman–Crippen MR) is 130 cm³/mol. The number of fused-ring (bicyclic) bond motifs is 1. The molecule has 0 radical (unpaired) electrons. The molecule has 3 aromatic rings. The van der Waals surface area contributed by atoms with E-state index in [0.717, 1.165) is 34.5 Å². The summed E-state index contributed by atoms with van der Waals surface area (Å²) in [4.78, 5) is 0. The molecule has 0 amide bonds. The molecule has 0 bridgehead atoms. The van der Waals surface area contributed by atoms with Gasteiger partial charge in [-0.05, 0) is 53.8 Å². The second-order valence-electron chi connectivity index (χ2n) is 8.47. The van der Waals surface area contributed by atoms with Crippen molar-refractivity contribution in [2.45, 2.75) is 31.1 Å². The van der Waals surface area contributed by atoms with Gasteiger partial charge in [0.05, 0.1) is 11.6 Å². The third-order valence-electron chi connectivity index (χ3n) is 6.14. The van der Waals surface area contributed by atoms with Gasteiger partial charge in [0.1, 0.15) is 13.2 Å². The van der Waals surface area contributed by atoms with E-state index in [1.165, 1.54) is 0 Å². The van der Waals surface area contributed by atoms with Crippen molar-refractivity contribution in [2.75, 3.05) is 20.3 Å². The monoisotopic (exact) mass is 482 g/mol. The van der Waals surface area contributed by atoms with Crippen molar-refractivity contribution in [1.29, 1.82) is 0 Å². The van der Waals surface area contributed by atoms with Crippen molar-refractivity contribution >= 4 is 0 Å². The number of ether oxygens (including phenoxy) is 2. The molecule has 35 heavy (non-hydrogen) atoms. The average molecular weight is 483 g/mol. The summed E-state index contributed by atoms with van der Waals surface area (Å²) in [5, 5.41) is 6.87. The largest absolute Gasteiger partial charge is 0.486 e. The lowest BCUT2D eigenvalue weighted by molar-refractivity contribution is -0.137. The second kappa shape index (κ2) is 10.9. The van der Waals surface area contributed by atoms with Crippen LogP contribution in [0.15, 0.2) is 85.1 Å². The molecule has 0 unspecified atom stereocenters. The Hall–Kier alpha value is -3.45. The summed E-state index contributed by atoms with van der Waals surface area (Å²) in [5.74, 6) is 1.40. The van der Waals surface area contributed by atoms with Crippen LogP contribution >= 0.6 is 0 Å². The van der Waals surface area contributed by atoms with E-state index in [9.17, 15) is 13.2 Å². The van der Waals surface area contributed by atoms with Gasteiger partial charge in [0, 0.05) is 18.8 Å². The van der Waals surface area contributed by atoms with Crippen molar-refractivity contribution in [3.8, 4) is 11.5 Å². The van der Waals surface area contributed by atoms with Gasteiger partial charge in [0.2, 0.25) is 0 Å². The summed E-state index contributed by atoms with van der Waals surface area (Å²) < 4.78 is 50.3. The van der Waals surface area contributed by atoms with Crippen molar-refractivity contribution in [3.63, 3.8) is 0 Å². The van der Waals surface area contributed by atoms with Crippen LogP contribution in [0.1, 0.15) is 40.8 Å². The Balaban J connectivity index is 1.60. The number of alkyl halides is 3. The highest BCUT2D eigenvalue weighted by molar-refractivity contribution is 5.45. The first-order valence-electron chi connectivity index (χ1n) is 11.6. The predicted octanol–water partition coefficient (Wildman–Crippen LogP) is 6.21. The Bertz CT molecular complexity index is 1130. The van der Waals surface area contributed by atoms with E-state index >= 15 is 0 Å². The molecule has 1 heterocycles. The number of benzene rings is 3. The molecule has 4 rings (SSSR count). The van der Waals surface area contributed by atoms with E-state index in [1.54, 1.807) is 12.1 Å². The topological polar surface area (TPSA) is 42.5 Å². The number of aryl methyl sites for hydroxylation is 1. The number of likely N-dealkylation sites (N-methyl/N-ethyl adjacent to an activating group) is 1. The molecule has 1 aliphatic heterocycles. The fourth-order valence-electron chi connectivity index (χ4n) is 4.18. The van der Waals surface area contributed by atoms with Crippen molar-refractivity contribution in [3.05, 3.63) is 107 Å². The van der Waals surface area contributed by atoms with Crippen LogP contribution in [0.3, 0.4) is 0 Å². The minimum atomic E-state index is -4.34. The van der Waals surface area contributed by atoms with E-state index in [2.05, 4.69) is 17.2 Å². The zero-order chi connectivity index (χ0) is 24.8. The van der Waals surface area contributed by atoms with Crippen molar-refractivity contribution < 1.29 is 22.6 Å². The van der Waals surface area contributed by atoms with Gasteiger partial charge in [0.15, 0.2) is 11.5 Å². The number of halogens is 3. The van der Waals surface area contributed by atoms with Crippen LogP contribution in [0.5, 0.6) is 11.5 Å². The number of rotatable bonds is 9. The van der Waals surface area contributed by atoms with Crippen LogP contribution < -0.4 is 20.1 Å². The van der Waals surface area contributed by atoms with Crippen LogP contribution in [-0.4, -0.2) is 20.3 Å². The summed E-state index contributed by atoms with van der Waals surface area (Å²) >= 11 is 0. The first-order chi connectivity index (χ1) is 16.8. The Labute approximate surface area is 203 Å². The Kier molecular flexibility index (Phi) is 7.66. The molecular formula is C28H29F3N2O2. The number of hydrogen-bond acceptors (Lipinski definition) is 4. The third-order valence-corrected chi connectivity index (χ3v) is 6.14. The Morgan fingerprint density at radius 3 is 2.26 bits per heavy atom. The third kappa shape index (κ3) is 6.17. The SMILES string of the molecule is C=C(NC)[C@H](N[C@H](CCc1ccc(C(F)(F)F)cc1)c1ccc2c(c1)OCCO2)c1ccccc1. The first-order valence-corrected chi connectivity index (χ1v) is 11.6. The fraction of sp³-hybridized carbons (Fsp3) is 0.286. The molecule has 0 saturated carbocycles. The van der Waals surface area contributed by atoms with Crippen molar-refractivity contribution in [2.24, 2.45) is 0 Å². The number of nitrogens with one attached hydrogen (secondary N) is 2. The van der Waals surface area contributed by atoms with E-state index in [4.69, 9.17) is 9.47 Å². The molecule has 7 heteroatoms. The fourth-order valence-corrected chi connectivity index (χ4v) is 4.18. The lowest BCUT2D eigenvalue weighted by atomic mass is 9.95. The van der Waals surface area contributed by atoms with Gasteiger partial charge in [-0.3, -0.25) is 5.32 Å². The lowest BCUT2D eigenvalue weighted by Crippen LogP contribution is -2.31. The lowest BCUT2D eigenvalue weighted by Gasteiger charge is -2.29. The zero-order valence-corrected chi connectivity index (χ0v) is 19.6. The molecule has 2 N–H and O–H groups in total. The van der Waals surface area contributed by atoms with Gasteiger partial charge >= 0.3 is 6.18 Å². The van der Waals surface area contributed by atoms with E-state index in [-0.39, 0.29) is 12.1 Å². The molecule has 2 atom stereocenters. The molecule has 4 nitrogen and oxygen atoms in total. The normalized spacial score (nSPS) is 14.7. The van der Waals surface area contributed by atoms with Crippen LogP contribution in [0.25, 0.3) is 0 Å². The van der Waals surface area contributed by atoms with Gasteiger partial charge in [-0.2, -0.15) is 13.2 Å². The number of hydrogen-bond donors (Lipinski definition) is 2. The zero-order valence-electron chi connectivity index (χ0n) is 19.6. The Morgan fingerprint density at radius 2 is 1.60 bits per heavy atom. The minimum absolute atomic E-state index is 0.122. The van der Waals surface area contributed by atoms with Gasteiger partial charge in [-0.1, -0.05) is 55.1 Å². The van der Waals surface area contributed by atoms with Crippen LogP contribution in [0, 0.1) is 0 Å². The van der Waals surface area contributed by atoms with Gasteiger partial charge < -0.3 is 14.8 Å². The van der Waals surface area contributed by atoms with E-state index in [0.29, 0.717) is 37.6 Å². The first kappa shape index (κ1) is 24.7. The molecule has 0 spiro atoms. The smallest absolute Gasteiger partial charge is 0.416 e. The summed E-state index contributed by atoms with van der Waals surface area (Å²) in [7, 11) is 1.83. The van der Waals surface area contributed by atoms with Crippen LogP contribution in [-0.2, 0) is 12.6 Å². The minimum Gasteiger partial charge on any atom is -0.486 e. The highest BCUT2D eigenvalue weighted by atomic mass is 19.4. The average Bonchev–Trinajstić information content (AvgIpc) is 2.88. The maximum absolute atomic E-state index is 13.0. The maximum Gasteiger partial charge on any atom is 0.416 e. The molecule has 0 fully saturated rings. The standard InChI is InChI=1S/C28H29F3N2O2/c1-19(32-2)27(21-6-4-3-5-7-21)33-24(22-11-15-25-26(18-22)35-17-16-34-25)14-10-20-8-12-23(13-9-20)28(29,30)31/h3-9,11-13,15,18,24,27,32-33H,1,10,14,16-17H2,2H3/t24-,27+/m1/s1. The Morgan fingerprint density at radius 1 is 0.914 bits per heavy atom. The molecule has 0 aromatic heterocycles. The molecule has 3 aromatic carbocycles.